The molecule has 0 saturated carbocycles. The fourth-order valence-electron chi connectivity index (χ4n) is 2.62. The summed E-state index contributed by atoms with van der Waals surface area (Å²) in [6.07, 6.45) is 3.11. The van der Waals surface area contributed by atoms with Gasteiger partial charge in [-0.15, -0.1) is 0 Å². The molecule has 1 heterocycles. The van der Waals surface area contributed by atoms with E-state index in [1.54, 1.807) is 31.2 Å². The molecule has 28 heavy (non-hydrogen) atoms. The zero-order valence-electron chi connectivity index (χ0n) is 15.5. The van der Waals surface area contributed by atoms with Gasteiger partial charge >= 0.3 is 5.97 Å². The van der Waals surface area contributed by atoms with Crippen molar-refractivity contribution in [1.82, 2.24) is 0 Å². The van der Waals surface area contributed by atoms with Crippen LogP contribution in [-0.2, 0) is 19.1 Å². The molecule has 7 heteroatoms. The SMILES string of the molecule is CCOC(=O)C1(C)Oc2cc(NC(=O)/C=C/c3ccccc3)ccc2NC1=O. The Morgan fingerprint density at radius 2 is 1.96 bits per heavy atom. The van der Waals surface area contributed by atoms with E-state index in [1.165, 1.54) is 13.0 Å². The third-order valence-electron chi connectivity index (χ3n) is 4.14. The highest BCUT2D eigenvalue weighted by Gasteiger charge is 2.48. The number of benzene rings is 2. The molecule has 7 nitrogen and oxygen atoms in total. The molecule has 2 N–H and O–H groups in total. The van der Waals surface area contributed by atoms with Crippen molar-refractivity contribution in [1.29, 1.82) is 0 Å². The number of rotatable bonds is 5. The molecule has 1 aliphatic heterocycles. The van der Waals surface area contributed by atoms with Crippen molar-refractivity contribution < 1.29 is 23.9 Å². The number of carbonyl (C=O) groups excluding carboxylic acids is 3. The van der Waals surface area contributed by atoms with Gasteiger partial charge < -0.3 is 20.1 Å². The molecule has 1 unspecified atom stereocenters. The van der Waals surface area contributed by atoms with Crippen molar-refractivity contribution in [3.63, 3.8) is 0 Å². The molecule has 0 spiro atoms. The molecule has 2 aromatic carbocycles. The Balaban J connectivity index is 1.75. The van der Waals surface area contributed by atoms with Gasteiger partial charge in [0, 0.05) is 17.8 Å². The van der Waals surface area contributed by atoms with Gasteiger partial charge in [-0.05, 0) is 37.6 Å². The van der Waals surface area contributed by atoms with Crippen molar-refractivity contribution in [2.24, 2.45) is 0 Å². The minimum atomic E-state index is -1.79. The zero-order valence-corrected chi connectivity index (χ0v) is 15.5. The van der Waals surface area contributed by atoms with E-state index in [9.17, 15) is 14.4 Å². The summed E-state index contributed by atoms with van der Waals surface area (Å²) in [5.41, 5.74) is -0.0217. The lowest BCUT2D eigenvalue weighted by molar-refractivity contribution is -0.165. The maximum Gasteiger partial charge on any atom is 0.360 e. The lowest BCUT2D eigenvalue weighted by Gasteiger charge is -2.32. The minimum absolute atomic E-state index is 0.127. The van der Waals surface area contributed by atoms with Crippen LogP contribution < -0.4 is 15.4 Å². The smallest absolute Gasteiger partial charge is 0.360 e. The number of anilines is 2. The Bertz CT molecular complexity index is 939. The number of ether oxygens (including phenoxy) is 2. The number of esters is 1. The van der Waals surface area contributed by atoms with E-state index in [0.29, 0.717) is 11.4 Å². The van der Waals surface area contributed by atoms with Crippen LogP contribution >= 0.6 is 0 Å². The molecule has 1 aliphatic rings. The first-order valence-corrected chi connectivity index (χ1v) is 8.78. The molecule has 0 aromatic heterocycles. The molecule has 144 valence electrons. The van der Waals surface area contributed by atoms with E-state index >= 15 is 0 Å². The Kier molecular flexibility index (Phi) is 5.44. The molecule has 0 saturated heterocycles. The predicted molar refractivity (Wildman–Crippen MR) is 105 cm³/mol. The fraction of sp³-hybridized carbons (Fsp3) is 0.190. The van der Waals surface area contributed by atoms with E-state index in [0.717, 1.165) is 5.56 Å². The van der Waals surface area contributed by atoms with Crippen LogP contribution in [0.3, 0.4) is 0 Å². The molecule has 0 bridgehead atoms. The number of hydrogen-bond acceptors (Lipinski definition) is 5. The number of carbonyl (C=O) groups is 3. The highest BCUT2D eigenvalue weighted by molar-refractivity contribution is 6.14. The highest BCUT2D eigenvalue weighted by atomic mass is 16.6. The molecule has 1 atom stereocenters. The second-order valence-corrected chi connectivity index (χ2v) is 6.25. The molecule has 0 fully saturated rings. The Morgan fingerprint density at radius 1 is 1.21 bits per heavy atom. The van der Waals surface area contributed by atoms with Crippen molar-refractivity contribution in [3.05, 3.63) is 60.2 Å². The van der Waals surface area contributed by atoms with E-state index in [-0.39, 0.29) is 18.3 Å². The van der Waals surface area contributed by atoms with Gasteiger partial charge in [-0.1, -0.05) is 30.3 Å². The summed E-state index contributed by atoms with van der Waals surface area (Å²) in [5, 5.41) is 5.35. The molecule has 0 aliphatic carbocycles. The second kappa shape index (κ2) is 7.96. The molecule has 2 aromatic rings. The second-order valence-electron chi connectivity index (χ2n) is 6.25. The maximum absolute atomic E-state index is 12.3. The van der Waals surface area contributed by atoms with Crippen LogP contribution in [0.1, 0.15) is 19.4 Å². The molecular formula is C21H20N2O5. The molecule has 2 amide bonds. The zero-order chi connectivity index (χ0) is 20.1. The van der Waals surface area contributed by atoms with Crippen LogP contribution in [0.4, 0.5) is 11.4 Å². The summed E-state index contributed by atoms with van der Waals surface area (Å²) < 4.78 is 10.6. The quantitative estimate of drug-likeness (QED) is 0.472. The van der Waals surface area contributed by atoms with Gasteiger partial charge in [0.05, 0.1) is 12.3 Å². The third-order valence-corrected chi connectivity index (χ3v) is 4.14. The summed E-state index contributed by atoms with van der Waals surface area (Å²) in [6.45, 7) is 3.12. The highest BCUT2D eigenvalue weighted by Crippen LogP contribution is 2.36. The van der Waals surface area contributed by atoms with Gasteiger partial charge in [0.1, 0.15) is 5.75 Å². The van der Waals surface area contributed by atoms with Gasteiger partial charge in [-0.3, -0.25) is 9.59 Å². The number of amides is 2. The monoisotopic (exact) mass is 380 g/mol. The van der Waals surface area contributed by atoms with E-state index in [4.69, 9.17) is 9.47 Å². The first-order valence-electron chi connectivity index (χ1n) is 8.78. The lowest BCUT2D eigenvalue weighted by atomic mass is 10.0. The normalized spacial score (nSPS) is 18.0. The lowest BCUT2D eigenvalue weighted by Crippen LogP contribution is -2.55. The topological polar surface area (TPSA) is 93.7 Å². The number of fused-ring (bicyclic) bond motifs is 1. The standard InChI is InChI=1S/C21H20N2O5/c1-3-27-20(26)21(2)19(25)23-16-11-10-15(13-17(16)28-21)22-18(24)12-9-14-7-5-4-6-8-14/h4-13H,3H2,1-2H3,(H,22,24)(H,23,25)/b12-9+. The van der Waals surface area contributed by atoms with Crippen LogP contribution in [0.5, 0.6) is 5.75 Å². The van der Waals surface area contributed by atoms with Crippen LogP contribution in [0.15, 0.2) is 54.6 Å². The Labute approximate surface area is 162 Å². The van der Waals surface area contributed by atoms with Crippen LogP contribution in [-0.4, -0.2) is 30.0 Å². The molecule has 3 rings (SSSR count). The van der Waals surface area contributed by atoms with E-state index in [1.807, 2.05) is 30.3 Å². The Hall–Kier alpha value is -3.61. The average Bonchev–Trinajstić information content (AvgIpc) is 2.68. The van der Waals surface area contributed by atoms with Gasteiger partial charge in [0.15, 0.2) is 0 Å². The van der Waals surface area contributed by atoms with Crippen molar-refractivity contribution in [3.8, 4) is 5.75 Å². The van der Waals surface area contributed by atoms with Crippen molar-refractivity contribution >= 4 is 35.2 Å². The minimum Gasteiger partial charge on any atom is -0.464 e. The summed E-state index contributed by atoms with van der Waals surface area (Å²) in [5.74, 6) is -1.45. The summed E-state index contributed by atoms with van der Waals surface area (Å²) in [6, 6.07) is 14.2. The van der Waals surface area contributed by atoms with Crippen LogP contribution in [0.2, 0.25) is 0 Å². The summed E-state index contributed by atoms with van der Waals surface area (Å²) >= 11 is 0. The van der Waals surface area contributed by atoms with Gasteiger partial charge in [0.25, 0.3) is 11.5 Å². The van der Waals surface area contributed by atoms with Gasteiger partial charge in [-0.2, -0.15) is 0 Å². The van der Waals surface area contributed by atoms with Gasteiger partial charge in [0.2, 0.25) is 5.91 Å². The van der Waals surface area contributed by atoms with E-state index in [2.05, 4.69) is 10.6 Å². The summed E-state index contributed by atoms with van der Waals surface area (Å²) in [7, 11) is 0. The fourth-order valence-corrected chi connectivity index (χ4v) is 2.62. The largest absolute Gasteiger partial charge is 0.464 e. The third kappa shape index (κ3) is 4.03. The van der Waals surface area contributed by atoms with Gasteiger partial charge in [-0.25, -0.2) is 4.79 Å². The summed E-state index contributed by atoms with van der Waals surface area (Å²) in [4.78, 5) is 36.5. The first kappa shape index (κ1) is 19.2. The van der Waals surface area contributed by atoms with Crippen LogP contribution in [0.25, 0.3) is 6.08 Å². The number of hydrogen-bond donors (Lipinski definition) is 2. The van der Waals surface area contributed by atoms with E-state index < -0.39 is 17.5 Å². The maximum atomic E-state index is 12.3. The first-order chi connectivity index (χ1) is 13.4. The molecule has 0 radical (unpaired) electrons. The Morgan fingerprint density at radius 3 is 2.68 bits per heavy atom. The van der Waals surface area contributed by atoms with Crippen molar-refractivity contribution in [2.45, 2.75) is 19.4 Å². The van der Waals surface area contributed by atoms with Crippen molar-refractivity contribution in [2.75, 3.05) is 17.2 Å². The predicted octanol–water partition coefficient (Wildman–Crippen LogP) is 2.99. The molecular weight excluding hydrogens is 360 g/mol. The average molecular weight is 380 g/mol. The number of nitrogens with one attached hydrogen (secondary N) is 2. The van der Waals surface area contributed by atoms with Crippen LogP contribution in [0, 0.1) is 0 Å².